The number of hydrogen-bond donors (Lipinski definition) is 3. The molecule has 4 aromatic rings. The topological polar surface area (TPSA) is 102 Å². The monoisotopic (exact) mass is 504 g/mol. The van der Waals surface area contributed by atoms with Crippen molar-refractivity contribution in [1.82, 2.24) is 10.3 Å². The number of carbonyl (C=O) groups excluding carboxylic acids is 1. The van der Waals surface area contributed by atoms with Gasteiger partial charge >= 0.3 is 0 Å². The number of carbonyl (C=O) groups is 1. The molecule has 37 heavy (non-hydrogen) atoms. The van der Waals surface area contributed by atoms with E-state index in [0.29, 0.717) is 36.0 Å². The van der Waals surface area contributed by atoms with E-state index in [2.05, 4.69) is 10.3 Å². The van der Waals surface area contributed by atoms with Crippen LogP contribution in [-0.2, 0) is 24.2 Å². The van der Waals surface area contributed by atoms with Gasteiger partial charge in [-0.05, 0) is 53.4 Å². The molecule has 0 saturated carbocycles. The van der Waals surface area contributed by atoms with E-state index in [-0.39, 0.29) is 25.0 Å². The third-order valence-corrected chi connectivity index (χ3v) is 6.14. The molecule has 0 unspecified atom stereocenters. The summed E-state index contributed by atoms with van der Waals surface area (Å²) < 4.78 is 22.1. The highest BCUT2D eigenvalue weighted by molar-refractivity contribution is 5.83. The minimum Gasteiger partial charge on any atom is -0.493 e. The number of benzene rings is 3. The van der Waals surface area contributed by atoms with Crippen molar-refractivity contribution in [2.45, 2.75) is 25.5 Å². The van der Waals surface area contributed by atoms with Gasteiger partial charge in [-0.2, -0.15) is 0 Å². The van der Waals surface area contributed by atoms with Crippen LogP contribution in [0.5, 0.6) is 23.0 Å². The SMILES string of the molecule is COc1cc(COc2ccc(CC(=O)N[C@@H](CO)Cc3c[nH]c4ccccc34)cc2)cc(OC)c1OC. The zero-order chi connectivity index (χ0) is 26.2. The van der Waals surface area contributed by atoms with Gasteiger partial charge in [0.15, 0.2) is 11.5 Å². The summed E-state index contributed by atoms with van der Waals surface area (Å²) in [4.78, 5) is 15.9. The second-order valence-corrected chi connectivity index (χ2v) is 8.65. The van der Waals surface area contributed by atoms with Crippen LogP contribution in [0.25, 0.3) is 10.9 Å². The van der Waals surface area contributed by atoms with Crippen LogP contribution >= 0.6 is 0 Å². The lowest BCUT2D eigenvalue weighted by atomic mass is 10.0. The Morgan fingerprint density at radius 3 is 2.30 bits per heavy atom. The van der Waals surface area contributed by atoms with E-state index in [9.17, 15) is 9.90 Å². The average molecular weight is 505 g/mol. The van der Waals surface area contributed by atoms with Gasteiger partial charge in [0.25, 0.3) is 0 Å². The number of aromatic amines is 1. The van der Waals surface area contributed by atoms with Gasteiger partial charge in [0.05, 0.1) is 40.4 Å². The Morgan fingerprint density at radius 1 is 0.946 bits per heavy atom. The maximum Gasteiger partial charge on any atom is 0.224 e. The number of ether oxygens (including phenoxy) is 4. The van der Waals surface area contributed by atoms with Crippen LogP contribution in [0.15, 0.2) is 66.9 Å². The molecule has 0 spiro atoms. The van der Waals surface area contributed by atoms with Crippen molar-refractivity contribution in [1.29, 1.82) is 0 Å². The van der Waals surface area contributed by atoms with E-state index in [1.807, 2.05) is 66.9 Å². The summed E-state index contributed by atoms with van der Waals surface area (Å²) in [5, 5.41) is 13.9. The van der Waals surface area contributed by atoms with Crippen LogP contribution in [0.4, 0.5) is 0 Å². The number of amides is 1. The highest BCUT2D eigenvalue weighted by Gasteiger charge is 2.16. The molecule has 194 valence electrons. The van der Waals surface area contributed by atoms with Crippen molar-refractivity contribution >= 4 is 16.8 Å². The first-order valence-corrected chi connectivity index (χ1v) is 12.0. The molecule has 3 N–H and O–H groups in total. The molecule has 1 atom stereocenters. The molecule has 0 radical (unpaired) electrons. The Bertz CT molecular complexity index is 1310. The van der Waals surface area contributed by atoms with Crippen molar-refractivity contribution in [2.24, 2.45) is 0 Å². The Labute approximate surface area is 216 Å². The number of H-pyrrole nitrogens is 1. The molecule has 0 aliphatic rings. The Hall–Kier alpha value is -4.17. The summed E-state index contributed by atoms with van der Waals surface area (Å²) in [6, 6.07) is 18.7. The lowest BCUT2D eigenvalue weighted by Gasteiger charge is -2.16. The highest BCUT2D eigenvalue weighted by Crippen LogP contribution is 2.38. The average Bonchev–Trinajstić information content (AvgIpc) is 3.34. The summed E-state index contributed by atoms with van der Waals surface area (Å²) in [5.74, 6) is 2.18. The van der Waals surface area contributed by atoms with Crippen LogP contribution in [0.3, 0.4) is 0 Å². The normalized spacial score (nSPS) is 11.7. The maximum atomic E-state index is 12.6. The van der Waals surface area contributed by atoms with Gasteiger partial charge in [0, 0.05) is 17.1 Å². The first kappa shape index (κ1) is 25.9. The third kappa shape index (κ3) is 6.34. The third-order valence-electron chi connectivity index (χ3n) is 6.14. The van der Waals surface area contributed by atoms with Crippen LogP contribution in [-0.4, -0.2) is 50.0 Å². The van der Waals surface area contributed by atoms with E-state index in [4.69, 9.17) is 18.9 Å². The molecule has 0 bridgehead atoms. The van der Waals surface area contributed by atoms with E-state index < -0.39 is 0 Å². The molecule has 0 saturated heterocycles. The highest BCUT2D eigenvalue weighted by atomic mass is 16.5. The molecular weight excluding hydrogens is 472 g/mol. The quantitative estimate of drug-likeness (QED) is 0.269. The number of aromatic nitrogens is 1. The van der Waals surface area contributed by atoms with Gasteiger partial charge in [0.1, 0.15) is 12.4 Å². The number of nitrogens with one attached hydrogen (secondary N) is 2. The molecule has 1 heterocycles. The number of para-hydroxylation sites is 1. The Kier molecular flexibility index (Phi) is 8.53. The van der Waals surface area contributed by atoms with Crippen molar-refractivity contribution in [3.05, 3.63) is 83.6 Å². The molecule has 8 nitrogen and oxygen atoms in total. The minimum atomic E-state index is -0.368. The lowest BCUT2D eigenvalue weighted by molar-refractivity contribution is -0.121. The number of aliphatic hydroxyl groups is 1. The fourth-order valence-electron chi connectivity index (χ4n) is 4.28. The summed E-state index contributed by atoms with van der Waals surface area (Å²) in [6.07, 6.45) is 2.67. The molecule has 8 heteroatoms. The van der Waals surface area contributed by atoms with Gasteiger partial charge in [-0.1, -0.05) is 30.3 Å². The standard InChI is InChI=1S/C29H32N2O6/c1-34-26-12-20(13-27(35-2)29(26)36-3)18-37-23-10-8-19(9-11-23)14-28(33)31-22(17-32)15-21-16-30-25-7-5-4-6-24(21)25/h4-13,16,22,30,32H,14-15,17-18H2,1-3H3,(H,31,33)/t22-/m1/s1. The molecule has 0 aliphatic carbocycles. The van der Waals surface area contributed by atoms with E-state index in [1.54, 1.807) is 21.3 Å². The zero-order valence-corrected chi connectivity index (χ0v) is 21.2. The van der Waals surface area contributed by atoms with Crippen LogP contribution < -0.4 is 24.3 Å². The first-order valence-electron chi connectivity index (χ1n) is 12.0. The van der Waals surface area contributed by atoms with E-state index >= 15 is 0 Å². The van der Waals surface area contributed by atoms with Gasteiger partial charge < -0.3 is 34.4 Å². The second-order valence-electron chi connectivity index (χ2n) is 8.65. The lowest BCUT2D eigenvalue weighted by Crippen LogP contribution is -2.39. The predicted octanol–water partition coefficient (Wildman–Crippen LogP) is 4.04. The second kappa shape index (κ2) is 12.2. The number of aliphatic hydroxyl groups excluding tert-OH is 1. The van der Waals surface area contributed by atoms with Crippen molar-refractivity contribution < 1.29 is 28.8 Å². The fraction of sp³-hybridized carbons (Fsp3) is 0.276. The maximum absolute atomic E-state index is 12.6. The van der Waals surface area contributed by atoms with Gasteiger partial charge in [-0.15, -0.1) is 0 Å². The number of hydrogen-bond acceptors (Lipinski definition) is 6. The largest absolute Gasteiger partial charge is 0.493 e. The van der Waals surface area contributed by atoms with E-state index in [0.717, 1.165) is 27.6 Å². The van der Waals surface area contributed by atoms with Crippen LogP contribution in [0, 0.1) is 0 Å². The smallest absolute Gasteiger partial charge is 0.224 e. The Balaban J connectivity index is 1.32. The summed E-state index contributed by atoms with van der Waals surface area (Å²) in [5.41, 5.74) is 3.81. The molecule has 0 aliphatic heterocycles. The molecule has 1 amide bonds. The first-order chi connectivity index (χ1) is 18.0. The van der Waals surface area contributed by atoms with Crippen LogP contribution in [0.1, 0.15) is 16.7 Å². The van der Waals surface area contributed by atoms with Crippen LogP contribution in [0.2, 0.25) is 0 Å². The van der Waals surface area contributed by atoms with Crippen molar-refractivity contribution in [3.8, 4) is 23.0 Å². The molecule has 4 rings (SSSR count). The molecule has 3 aromatic carbocycles. The number of methoxy groups -OCH3 is 3. The molecule has 0 fully saturated rings. The fourth-order valence-corrected chi connectivity index (χ4v) is 4.28. The van der Waals surface area contributed by atoms with Crippen molar-refractivity contribution in [3.63, 3.8) is 0 Å². The molecular formula is C29H32N2O6. The number of fused-ring (bicyclic) bond motifs is 1. The predicted molar refractivity (Wildman–Crippen MR) is 142 cm³/mol. The summed E-state index contributed by atoms with van der Waals surface area (Å²) in [7, 11) is 4.70. The minimum absolute atomic E-state index is 0.140. The van der Waals surface area contributed by atoms with E-state index in [1.165, 1.54) is 0 Å². The zero-order valence-electron chi connectivity index (χ0n) is 21.2. The summed E-state index contributed by atoms with van der Waals surface area (Å²) >= 11 is 0. The van der Waals surface area contributed by atoms with Crippen molar-refractivity contribution in [2.75, 3.05) is 27.9 Å². The number of rotatable bonds is 12. The van der Waals surface area contributed by atoms with Gasteiger partial charge in [-0.25, -0.2) is 0 Å². The van der Waals surface area contributed by atoms with Gasteiger partial charge in [0.2, 0.25) is 11.7 Å². The van der Waals surface area contributed by atoms with Gasteiger partial charge in [-0.3, -0.25) is 4.79 Å². The molecule has 1 aromatic heterocycles. The Morgan fingerprint density at radius 2 is 1.65 bits per heavy atom. The summed E-state index contributed by atoms with van der Waals surface area (Å²) in [6.45, 7) is 0.168.